The fourth-order valence-electron chi connectivity index (χ4n) is 0.351. The van der Waals surface area contributed by atoms with Gasteiger partial charge in [0.25, 0.3) is 5.91 Å². The highest BCUT2D eigenvalue weighted by atomic mass is 35.5. The summed E-state index contributed by atoms with van der Waals surface area (Å²) in [7, 11) is 0. The van der Waals surface area contributed by atoms with Crippen molar-refractivity contribution in [2.45, 2.75) is 13.8 Å². The molecule has 0 heterocycles. The molecule has 0 aromatic carbocycles. The van der Waals surface area contributed by atoms with Gasteiger partial charge < -0.3 is 0 Å². The first-order chi connectivity index (χ1) is 4.09. The predicted octanol–water partition coefficient (Wildman–Crippen LogP) is 1.56. The lowest BCUT2D eigenvalue weighted by atomic mass is 10.3. The van der Waals surface area contributed by atoms with E-state index < -0.39 is 0 Å². The summed E-state index contributed by atoms with van der Waals surface area (Å²) >= 11 is 5.43. The number of nitrogens with zero attached hydrogens (tertiary/aromatic N) is 1. The van der Waals surface area contributed by atoms with Gasteiger partial charge in [0.05, 0.1) is 0 Å². The number of carbonyl (C=O) groups excluding carboxylic acids is 1. The molecule has 0 N–H and O–H groups in total. The molecule has 0 saturated carbocycles. The van der Waals surface area contributed by atoms with Gasteiger partial charge in [0.1, 0.15) is 0 Å². The van der Waals surface area contributed by atoms with E-state index in [1.54, 1.807) is 13.8 Å². The van der Waals surface area contributed by atoms with E-state index in [9.17, 15) is 4.79 Å². The van der Waals surface area contributed by atoms with E-state index in [4.69, 9.17) is 11.8 Å². The molecule has 0 spiro atoms. The summed E-state index contributed by atoms with van der Waals surface area (Å²) in [5.74, 6) is -0.209. The number of amides is 1. The predicted molar refractivity (Wildman–Crippen MR) is 38.1 cm³/mol. The largest absolute Gasteiger partial charge is 0.268 e. The van der Waals surface area contributed by atoms with Gasteiger partial charge in [0.15, 0.2) is 0 Å². The second kappa shape index (κ2) is 3.51. The lowest BCUT2D eigenvalue weighted by Crippen LogP contribution is -2.20. The Balaban J connectivity index is 3.88. The smallest absolute Gasteiger partial charge is 0.263 e. The van der Waals surface area contributed by atoms with Crippen molar-refractivity contribution < 1.29 is 4.79 Å². The summed E-state index contributed by atoms with van der Waals surface area (Å²) in [6, 6.07) is 0. The van der Waals surface area contributed by atoms with Crippen molar-refractivity contribution in [3.05, 3.63) is 12.2 Å². The number of likely N-dealkylation sites (N-methyl/N-ethyl adjacent to an activating group) is 1. The molecule has 9 heavy (non-hydrogen) atoms. The molecule has 0 radical (unpaired) electrons. The van der Waals surface area contributed by atoms with Gasteiger partial charge in [0.2, 0.25) is 0 Å². The van der Waals surface area contributed by atoms with Gasteiger partial charge >= 0.3 is 0 Å². The highest BCUT2D eigenvalue weighted by molar-refractivity contribution is 6.23. The Hall–Kier alpha value is -0.500. The third-order valence-corrected chi connectivity index (χ3v) is 1.26. The van der Waals surface area contributed by atoms with Crippen LogP contribution in [0.2, 0.25) is 0 Å². The van der Waals surface area contributed by atoms with Gasteiger partial charge in [0, 0.05) is 23.9 Å². The Kier molecular flexibility index (Phi) is 3.32. The summed E-state index contributed by atoms with van der Waals surface area (Å²) < 4.78 is 1.10. The van der Waals surface area contributed by atoms with Crippen LogP contribution in [0.1, 0.15) is 13.8 Å². The Morgan fingerprint density at radius 2 is 2.22 bits per heavy atom. The normalized spacial score (nSPS) is 8.78. The second-order valence-corrected chi connectivity index (χ2v) is 2.17. The molecule has 2 nitrogen and oxygen atoms in total. The topological polar surface area (TPSA) is 20.3 Å². The molecule has 0 aliphatic heterocycles. The van der Waals surface area contributed by atoms with E-state index in [0.29, 0.717) is 12.1 Å². The number of hydrogen-bond donors (Lipinski definition) is 0. The van der Waals surface area contributed by atoms with Crippen molar-refractivity contribution in [2.24, 2.45) is 0 Å². The maximum atomic E-state index is 10.8. The maximum Gasteiger partial charge on any atom is 0.263 e. The van der Waals surface area contributed by atoms with E-state index in [0.717, 1.165) is 4.42 Å². The molecular weight excluding hydrogens is 138 g/mol. The minimum Gasteiger partial charge on any atom is -0.268 e. The van der Waals surface area contributed by atoms with Crippen LogP contribution in [-0.2, 0) is 4.79 Å². The summed E-state index contributed by atoms with van der Waals surface area (Å²) in [6.45, 7) is 7.39. The molecule has 52 valence electrons. The summed E-state index contributed by atoms with van der Waals surface area (Å²) in [5, 5.41) is 0. The quantitative estimate of drug-likeness (QED) is 0.429. The van der Waals surface area contributed by atoms with Crippen molar-refractivity contribution >= 4 is 17.7 Å². The summed E-state index contributed by atoms with van der Waals surface area (Å²) in [6.07, 6.45) is 0. The zero-order valence-corrected chi connectivity index (χ0v) is 6.40. The first-order valence-electron chi connectivity index (χ1n) is 2.72. The van der Waals surface area contributed by atoms with Crippen LogP contribution in [0.25, 0.3) is 0 Å². The second-order valence-electron chi connectivity index (χ2n) is 1.76. The van der Waals surface area contributed by atoms with Crippen LogP contribution in [0.3, 0.4) is 0 Å². The Labute approximate surface area is 60.2 Å². The standard InChI is InChI=1S/C6H10ClNO/c1-4-8(7)6(9)5(2)3/h2,4H2,1,3H3. The van der Waals surface area contributed by atoms with Gasteiger partial charge in [-0.15, -0.1) is 0 Å². The third-order valence-electron chi connectivity index (χ3n) is 0.863. The molecule has 0 fully saturated rings. The van der Waals surface area contributed by atoms with Crippen LogP contribution in [0.4, 0.5) is 0 Å². The van der Waals surface area contributed by atoms with E-state index in [-0.39, 0.29) is 5.91 Å². The van der Waals surface area contributed by atoms with Crippen LogP contribution in [0, 0.1) is 0 Å². The number of hydrogen-bond acceptors (Lipinski definition) is 1. The van der Waals surface area contributed by atoms with Gasteiger partial charge in [-0.2, -0.15) is 0 Å². The Morgan fingerprint density at radius 1 is 1.78 bits per heavy atom. The van der Waals surface area contributed by atoms with Gasteiger partial charge in [-0.05, 0) is 13.8 Å². The fourth-order valence-corrected chi connectivity index (χ4v) is 0.495. The average molecular weight is 148 g/mol. The van der Waals surface area contributed by atoms with Crippen molar-refractivity contribution in [1.29, 1.82) is 0 Å². The molecule has 0 saturated heterocycles. The first-order valence-corrected chi connectivity index (χ1v) is 3.06. The van der Waals surface area contributed by atoms with E-state index in [2.05, 4.69) is 6.58 Å². The van der Waals surface area contributed by atoms with E-state index >= 15 is 0 Å². The highest BCUT2D eigenvalue weighted by Crippen LogP contribution is 2.00. The lowest BCUT2D eigenvalue weighted by molar-refractivity contribution is -0.122. The molecule has 0 aromatic rings. The summed E-state index contributed by atoms with van der Waals surface area (Å²) in [4.78, 5) is 10.8. The van der Waals surface area contributed by atoms with E-state index in [1.165, 1.54) is 0 Å². The lowest BCUT2D eigenvalue weighted by Gasteiger charge is -2.09. The molecule has 1 amide bonds. The monoisotopic (exact) mass is 147 g/mol. The van der Waals surface area contributed by atoms with Crippen LogP contribution in [-0.4, -0.2) is 16.9 Å². The molecule has 0 unspecified atom stereocenters. The maximum absolute atomic E-state index is 10.8. The van der Waals surface area contributed by atoms with Crippen molar-refractivity contribution in [1.82, 2.24) is 4.42 Å². The van der Waals surface area contributed by atoms with E-state index in [1.807, 2.05) is 0 Å². The molecular formula is C6H10ClNO. The molecule has 0 aliphatic carbocycles. The fraction of sp³-hybridized carbons (Fsp3) is 0.500. The molecule has 0 rings (SSSR count). The van der Waals surface area contributed by atoms with Crippen LogP contribution in [0.15, 0.2) is 12.2 Å². The van der Waals surface area contributed by atoms with Crippen molar-refractivity contribution in [3.63, 3.8) is 0 Å². The summed E-state index contributed by atoms with van der Waals surface area (Å²) in [5.41, 5.74) is 0.465. The first kappa shape index (κ1) is 8.50. The molecule has 0 atom stereocenters. The highest BCUT2D eigenvalue weighted by Gasteiger charge is 2.07. The van der Waals surface area contributed by atoms with Gasteiger partial charge in [-0.25, -0.2) is 0 Å². The number of halogens is 1. The minimum atomic E-state index is -0.209. The van der Waals surface area contributed by atoms with Crippen molar-refractivity contribution in [2.75, 3.05) is 6.54 Å². The number of rotatable bonds is 2. The minimum absolute atomic E-state index is 0.209. The van der Waals surface area contributed by atoms with Crippen LogP contribution < -0.4 is 0 Å². The SMILES string of the molecule is C=C(C)C(=O)N(Cl)CC. The zero-order chi connectivity index (χ0) is 7.44. The Bertz CT molecular complexity index is 133. The molecule has 0 bridgehead atoms. The van der Waals surface area contributed by atoms with Crippen LogP contribution >= 0.6 is 11.8 Å². The Morgan fingerprint density at radius 3 is 2.33 bits per heavy atom. The van der Waals surface area contributed by atoms with Crippen LogP contribution in [0.5, 0.6) is 0 Å². The molecule has 3 heteroatoms. The van der Waals surface area contributed by atoms with Gasteiger partial charge in [-0.3, -0.25) is 9.21 Å². The number of carbonyl (C=O) groups is 1. The zero-order valence-electron chi connectivity index (χ0n) is 5.65. The molecule has 0 aromatic heterocycles. The van der Waals surface area contributed by atoms with Crippen molar-refractivity contribution in [3.8, 4) is 0 Å². The third kappa shape index (κ3) is 2.51. The van der Waals surface area contributed by atoms with Gasteiger partial charge in [-0.1, -0.05) is 6.58 Å². The molecule has 0 aliphatic rings. The average Bonchev–Trinajstić information content (AvgIpc) is 1.84.